The zero-order valence-corrected chi connectivity index (χ0v) is 12.8. The fraction of sp³-hybridized carbons (Fsp3) is 0.875. The summed E-state index contributed by atoms with van der Waals surface area (Å²) in [6.45, 7) is 3.00. The van der Waals surface area contributed by atoms with Gasteiger partial charge in [0.2, 0.25) is 5.91 Å². The predicted octanol–water partition coefficient (Wildman–Crippen LogP) is 3.59. The smallest absolute Gasteiger partial charge is 0.303 e. The van der Waals surface area contributed by atoms with Crippen LogP contribution in [0.2, 0.25) is 0 Å². The van der Waals surface area contributed by atoms with Crippen molar-refractivity contribution >= 4 is 11.9 Å². The van der Waals surface area contributed by atoms with Crippen molar-refractivity contribution in [1.29, 1.82) is 0 Å². The molecule has 1 rings (SSSR count). The lowest BCUT2D eigenvalue weighted by Crippen LogP contribution is -2.43. The van der Waals surface area contributed by atoms with Gasteiger partial charge in [-0.1, -0.05) is 32.6 Å². The molecule has 20 heavy (non-hydrogen) atoms. The first-order chi connectivity index (χ1) is 9.65. The van der Waals surface area contributed by atoms with Gasteiger partial charge in [0, 0.05) is 25.4 Å². The quantitative estimate of drug-likeness (QED) is 0.658. The van der Waals surface area contributed by atoms with Crippen LogP contribution in [0.25, 0.3) is 0 Å². The standard InChI is InChI=1S/C16H29NO3/c1-2-3-4-5-6-10-15(18)17-13-8-7-9-14(17)11-12-16(19)20/h14H,2-13H2,1H3,(H,19,20). The van der Waals surface area contributed by atoms with Gasteiger partial charge in [-0.05, 0) is 32.1 Å². The SMILES string of the molecule is CCCCCCCC(=O)N1CCCCC1CCC(=O)O. The molecule has 0 aliphatic carbocycles. The Morgan fingerprint density at radius 3 is 2.55 bits per heavy atom. The van der Waals surface area contributed by atoms with E-state index in [1.807, 2.05) is 4.90 Å². The zero-order chi connectivity index (χ0) is 14.8. The van der Waals surface area contributed by atoms with Gasteiger partial charge < -0.3 is 10.0 Å². The summed E-state index contributed by atoms with van der Waals surface area (Å²) in [4.78, 5) is 24.9. The zero-order valence-electron chi connectivity index (χ0n) is 12.8. The van der Waals surface area contributed by atoms with Crippen LogP contribution in [0.5, 0.6) is 0 Å². The fourth-order valence-corrected chi connectivity index (χ4v) is 2.94. The summed E-state index contributed by atoms with van der Waals surface area (Å²) in [5, 5.41) is 8.79. The Hall–Kier alpha value is -1.06. The number of nitrogens with zero attached hydrogens (tertiary/aromatic N) is 1. The van der Waals surface area contributed by atoms with E-state index in [4.69, 9.17) is 5.11 Å². The molecule has 1 aliphatic rings. The van der Waals surface area contributed by atoms with Crippen LogP contribution < -0.4 is 0 Å². The largest absolute Gasteiger partial charge is 0.481 e. The van der Waals surface area contributed by atoms with Gasteiger partial charge in [0.25, 0.3) is 0 Å². The van der Waals surface area contributed by atoms with Crippen molar-refractivity contribution < 1.29 is 14.7 Å². The number of carboxylic acids is 1. The molecule has 4 heteroatoms. The third kappa shape index (κ3) is 6.40. The minimum Gasteiger partial charge on any atom is -0.481 e. The van der Waals surface area contributed by atoms with Crippen molar-refractivity contribution in [3.05, 3.63) is 0 Å². The third-order valence-corrected chi connectivity index (χ3v) is 4.13. The lowest BCUT2D eigenvalue weighted by Gasteiger charge is -2.35. The van der Waals surface area contributed by atoms with Crippen molar-refractivity contribution in [2.75, 3.05) is 6.54 Å². The number of carbonyl (C=O) groups is 2. The molecule has 0 saturated carbocycles. The van der Waals surface area contributed by atoms with Crippen LogP contribution in [0, 0.1) is 0 Å². The Kier molecular flexibility index (Phi) is 8.31. The van der Waals surface area contributed by atoms with Crippen LogP contribution in [0.3, 0.4) is 0 Å². The maximum atomic E-state index is 12.3. The molecule has 0 spiro atoms. The van der Waals surface area contributed by atoms with Crippen molar-refractivity contribution in [1.82, 2.24) is 4.90 Å². The Morgan fingerprint density at radius 1 is 1.10 bits per heavy atom. The van der Waals surface area contributed by atoms with Gasteiger partial charge in [-0.25, -0.2) is 0 Å². The third-order valence-electron chi connectivity index (χ3n) is 4.13. The number of carboxylic acid groups (broad SMARTS) is 1. The highest BCUT2D eigenvalue weighted by Crippen LogP contribution is 2.22. The van der Waals surface area contributed by atoms with Crippen LogP contribution in [-0.2, 0) is 9.59 Å². The molecular formula is C16H29NO3. The summed E-state index contributed by atoms with van der Waals surface area (Å²) in [7, 11) is 0. The highest BCUT2D eigenvalue weighted by Gasteiger charge is 2.26. The van der Waals surface area contributed by atoms with Crippen LogP contribution in [-0.4, -0.2) is 34.5 Å². The van der Waals surface area contributed by atoms with E-state index in [0.717, 1.165) is 38.6 Å². The molecular weight excluding hydrogens is 254 g/mol. The number of aliphatic carboxylic acids is 1. The lowest BCUT2D eigenvalue weighted by molar-refractivity contribution is -0.140. The summed E-state index contributed by atoms with van der Waals surface area (Å²) in [6, 6.07) is 0.156. The molecule has 0 radical (unpaired) electrons. The molecule has 0 aromatic carbocycles. The summed E-state index contributed by atoms with van der Waals surface area (Å²) in [6.07, 6.45) is 10.3. The fourth-order valence-electron chi connectivity index (χ4n) is 2.94. The van der Waals surface area contributed by atoms with Gasteiger partial charge >= 0.3 is 5.97 Å². The van der Waals surface area contributed by atoms with E-state index >= 15 is 0 Å². The van der Waals surface area contributed by atoms with Crippen LogP contribution in [0.1, 0.15) is 77.6 Å². The number of hydrogen-bond donors (Lipinski definition) is 1. The molecule has 1 heterocycles. The van der Waals surface area contributed by atoms with E-state index in [2.05, 4.69) is 6.92 Å². The van der Waals surface area contributed by atoms with Crippen molar-refractivity contribution in [3.8, 4) is 0 Å². The van der Waals surface area contributed by atoms with Gasteiger partial charge in [-0.2, -0.15) is 0 Å². The van der Waals surface area contributed by atoms with Crippen LogP contribution >= 0.6 is 0 Å². The van der Waals surface area contributed by atoms with Crippen molar-refractivity contribution in [2.24, 2.45) is 0 Å². The second kappa shape index (κ2) is 9.78. The maximum Gasteiger partial charge on any atom is 0.303 e. The maximum absolute atomic E-state index is 12.3. The first-order valence-electron chi connectivity index (χ1n) is 8.16. The minimum atomic E-state index is -0.762. The van der Waals surface area contributed by atoms with Crippen LogP contribution in [0.4, 0.5) is 0 Å². The topological polar surface area (TPSA) is 57.6 Å². The normalized spacial score (nSPS) is 19.1. The van der Waals surface area contributed by atoms with Gasteiger partial charge in [0.05, 0.1) is 0 Å². The summed E-state index contributed by atoms with van der Waals surface area (Å²) in [5.41, 5.74) is 0. The number of rotatable bonds is 9. The Bertz CT molecular complexity index is 304. The van der Waals surface area contributed by atoms with Crippen molar-refractivity contribution in [3.63, 3.8) is 0 Å². The van der Waals surface area contributed by atoms with E-state index < -0.39 is 5.97 Å². The number of carbonyl (C=O) groups excluding carboxylic acids is 1. The number of piperidine rings is 1. The van der Waals surface area contributed by atoms with E-state index in [0.29, 0.717) is 12.8 Å². The number of unbranched alkanes of at least 4 members (excludes halogenated alkanes) is 4. The average molecular weight is 283 g/mol. The Balaban J connectivity index is 2.32. The molecule has 4 nitrogen and oxygen atoms in total. The summed E-state index contributed by atoms with van der Waals surface area (Å²) in [5.74, 6) is -0.529. The number of likely N-dealkylation sites (tertiary alicyclic amines) is 1. The van der Waals surface area contributed by atoms with E-state index in [1.165, 1.54) is 19.3 Å². The molecule has 1 atom stereocenters. The number of amides is 1. The van der Waals surface area contributed by atoms with E-state index in [1.54, 1.807) is 0 Å². The molecule has 1 N–H and O–H groups in total. The van der Waals surface area contributed by atoms with Gasteiger partial charge in [-0.15, -0.1) is 0 Å². The first kappa shape index (κ1) is 17.0. The molecule has 1 amide bonds. The molecule has 1 aliphatic heterocycles. The Morgan fingerprint density at radius 2 is 1.85 bits per heavy atom. The van der Waals surface area contributed by atoms with Gasteiger partial charge in [0.1, 0.15) is 0 Å². The Labute approximate surface area is 122 Å². The van der Waals surface area contributed by atoms with E-state index in [-0.39, 0.29) is 18.4 Å². The molecule has 0 aromatic rings. The van der Waals surface area contributed by atoms with Crippen molar-refractivity contribution in [2.45, 2.75) is 83.6 Å². The molecule has 1 unspecified atom stereocenters. The average Bonchev–Trinajstić information content (AvgIpc) is 2.45. The van der Waals surface area contributed by atoms with Gasteiger partial charge in [0.15, 0.2) is 0 Å². The predicted molar refractivity (Wildman–Crippen MR) is 79.6 cm³/mol. The van der Waals surface area contributed by atoms with E-state index in [9.17, 15) is 9.59 Å². The molecule has 0 aromatic heterocycles. The second-order valence-corrected chi connectivity index (χ2v) is 5.83. The molecule has 0 bridgehead atoms. The monoisotopic (exact) mass is 283 g/mol. The lowest BCUT2D eigenvalue weighted by atomic mass is 9.97. The summed E-state index contributed by atoms with van der Waals surface area (Å²) < 4.78 is 0. The number of hydrogen-bond acceptors (Lipinski definition) is 2. The summed E-state index contributed by atoms with van der Waals surface area (Å²) >= 11 is 0. The second-order valence-electron chi connectivity index (χ2n) is 5.83. The minimum absolute atomic E-state index is 0.156. The highest BCUT2D eigenvalue weighted by molar-refractivity contribution is 5.76. The molecule has 116 valence electrons. The first-order valence-corrected chi connectivity index (χ1v) is 8.16. The molecule has 1 saturated heterocycles. The van der Waals surface area contributed by atoms with Gasteiger partial charge in [-0.3, -0.25) is 9.59 Å². The van der Waals surface area contributed by atoms with Crippen LogP contribution in [0.15, 0.2) is 0 Å². The highest BCUT2D eigenvalue weighted by atomic mass is 16.4. The molecule has 1 fully saturated rings.